The maximum Gasteiger partial charge on any atom is 0.240 e. The molecular weight excluding hydrogens is 252 g/mol. The van der Waals surface area contributed by atoms with E-state index in [0.29, 0.717) is 30.8 Å². The first kappa shape index (κ1) is 14.9. The maximum atomic E-state index is 12.1. The van der Waals surface area contributed by atoms with Crippen molar-refractivity contribution in [3.63, 3.8) is 0 Å². The highest BCUT2D eigenvalue weighted by atomic mass is 32.2. The highest BCUT2D eigenvalue weighted by Crippen LogP contribution is 2.22. The molecule has 3 N–H and O–H groups in total. The Hall–Kier alpha value is -1.11. The number of hydrogen-bond donors (Lipinski definition) is 2. The van der Waals surface area contributed by atoms with Crippen LogP contribution < -0.4 is 10.5 Å². The van der Waals surface area contributed by atoms with Crippen molar-refractivity contribution in [2.45, 2.75) is 25.2 Å². The first-order chi connectivity index (χ1) is 8.38. The monoisotopic (exact) mass is 272 g/mol. The lowest BCUT2D eigenvalue weighted by molar-refractivity contribution is 0.196. The second kappa shape index (κ2) is 6.17. The number of methoxy groups -OCH3 is 1. The molecule has 5 nitrogen and oxygen atoms in total. The van der Waals surface area contributed by atoms with Gasteiger partial charge >= 0.3 is 0 Å². The largest absolute Gasteiger partial charge is 0.398 e. The van der Waals surface area contributed by atoms with Crippen LogP contribution in [-0.4, -0.2) is 28.7 Å². The molecule has 0 saturated carbocycles. The summed E-state index contributed by atoms with van der Waals surface area (Å²) in [6, 6.07) is 3.39. The summed E-state index contributed by atoms with van der Waals surface area (Å²) in [5, 5.41) is 0. The zero-order chi connectivity index (χ0) is 13.8. The van der Waals surface area contributed by atoms with Crippen molar-refractivity contribution in [2.24, 2.45) is 0 Å². The van der Waals surface area contributed by atoms with Gasteiger partial charge in [0.1, 0.15) is 0 Å². The second-order valence-electron chi connectivity index (χ2n) is 4.22. The minimum absolute atomic E-state index is 0.248. The Morgan fingerprint density at radius 1 is 1.33 bits per heavy atom. The summed E-state index contributed by atoms with van der Waals surface area (Å²) in [5.74, 6) is 0. The lowest BCUT2D eigenvalue weighted by atomic mass is 10.1. The number of rotatable bonds is 6. The Morgan fingerprint density at radius 2 is 2.00 bits per heavy atom. The number of nitrogen functional groups attached to an aromatic ring is 1. The van der Waals surface area contributed by atoms with Crippen LogP contribution in [0.2, 0.25) is 0 Å². The fourth-order valence-electron chi connectivity index (χ4n) is 1.63. The van der Waals surface area contributed by atoms with E-state index in [4.69, 9.17) is 10.5 Å². The summed E-state index contributed by atoms with van der Waals surface area (Å²) >= 11 is 0. The van der Waals surface area contributed by atoms with Crippen molar-refractivity contribution in [1.29, 1.82) is 0 Å². The van der Waals surface area contributed by atoms with Crippen LogP contribution >= 0.6 is 0 Å². The third-order valence-electron chi connectivity index (χ3n) is 2.65. The highest BCUT2D eigenvalue weighted by molar-refractivity contribution is 7.89. The van der Waals surface area contributed by atoms with E-state index < -0.39 is 10.0 Å². The minimum atomic E-state index is -3.50. The van der Waals surface area contributed by atoms with Crippen molar-refractivity contribution in [3.05, 3.63) is 23.3 Å². The molecule has 0 bridgehead atoms. The van der Waals surface area contributed by atoms with Gasteiger partial charge in [0.15, 0.2) is 0 Å². The van der Waals surface area contributed by atoms with Crippen molar-refractivity contribution >= 4 is 15.7 Å². The molecule has 0 aliphatic rings. The van der Waals surface area contributed by atoms with E-state index in [2.05, 4.69) is 4.72 Å². The standard InChI is InChI=1S/C12H20N2O3S/c1-9-7-11(13)10(2)12(8-9)18(15,16)14-5-4-6-17-3/h7-8,14H,4-6,13H2,1-3H3. The Labute approximate surface area is 108 Å². The molecule has 0 heterocycles. The molecule has 18 heavy (non-hydrogen) atoms. The smallest absolute Gasteiger partial charge is 0.240 e. The van der Waals surface area contributed by atoms with Crippen molar-refractivity contribution < 1.29 is 13.2 Å². The Kier molecular flexibility index (Phi) is 5.13. The van der Waals surface area contributed by atoms with E-state index in [1.807, 2.05) is 6.92 Å². The third-order valence-corrected chi connectivity index (χ3v) is 4.24. The van der Waals surface area contributed by atoms with Gasteiger partial charge in [-0.3, -0.25) is 0 Å². The van der Waals surface area contributed by atoms with Crippen LogP contribution in [0.25, 0.3) is 0 Å². The van der Waals surface area contributed by atoms with Crippen LogP contribution in [0.3, 0.4) is 0 Å². The first-order valence-corrected chi connectivity index (χ1v) is 7.22. The van der Waals surface area contributed by atoms with Gasteiger partial charge in [-0.1, -0.05) is 0 Å². The average Bonchev–Trinajstić information content (AvgIpc) is 2.29. The molecule has 1 aromatic rings. The molecule has 0 aliphatic carbocycles. The van der Waals surface area contributed by atoms with Gasteiger partial charge in [-0.15, -0.1) is 0 Å². The van der Waals surface area contributed by atoms with Crippen molar-refractivity contribution in [2.75, 3.05) is 26.0 Å². The number of sulfonamides is 1. The van der Waals surface area contributed by atoms with E-state index in [1.165, 1.54) is 0 Å². The quantitative estimate of drug-likeness (QED) is 0.602. The van der Waals surface area contributed by atoms with E-state index in [1.54, 1.807) is 26.2 Å². The SMILES string of the molecule is COCCCNS(=O)(=O)c1cc(C)cc(N)c1C. The Bertz CT molecular complexity index is 512. The Balaban J connectivity index is 2.91. The fraction of sp³-hybridized carbons (Fsp3) is 0.500. The molecule has 0 atom stereocenters. The highest BCUT2D eigenvalue weighted by Gasteiger charge is 2.17. The number of nitrogens with two attached hydrogens (primary N) is 1. The van der Waals surface area contributed by atoms with Gasteiger partial charge in [-0.05, 0) is 43.5 Å². The van der Waals surface area contributed by atoms with Crippen LogP contribution in [-0.2, 0) is 14.8 Å². The summed E-state index contributed by atoms with van der Waals surface area (Å²) in [6.07, 6.45) is 0.635. The predicted octanol–water partition coefficient (Wildman–Crippen LogP) is 1.20. The van der Waals surface area contributed by atoms with E-state index in [-0.39, 0.29) is 4.90 Å². The van der Waals surface area contributed by atoms with Crippen LogP contribution in [0, 0.1) is 13.8 Å². The normalized spacial score (nSPS) is 11.7. The lowest BCUT2D eigenvalue weighted by Gasteiger charge is -2.12. The molecule has 0 saturated heterocycles. The van der Waals surface area contributed by atoms with Crippen LogP contribution in [0.1, 0.15) is 17.5 Å². The van der Waals surface area contributed by atoms with Gasteiger partial charge in [0.25, 0.3) is 0 Å². The van der Waals surface area contributed by atoms with Crippen molar-refractivity contribution in [1.82, 2.24) is 4.72 Å². The lowest BCUT2D eigenvalue weighted by Crippen LogP contribution is -2.26. The molecule has 1 rings (SSSR count). The van der Waals surface area contributed by atoms with Gasteiger partial charge in [0.05, 0.1) is 4.90 Å². The number of ether oxygens (including phenoxy) is 1. The summed E-state index contributed by atoms with van der Waals surface area (Å²) < 4.78 is 31.6. The molecule has 0 aliphatic heterocycles. The number of hydrogen-bond acceptors (Lipinski definition) is 4. The molecule has 0 fully saturated rings. The van der Waals surface area contributed by atoms with Gasteiger partial charge in [0.2, 0.25) is 10.0 Å². The molecular formula is C12H20N2O3S. The molecule has 0 amide bonds. The van der Waals surface area contributed by atoms with Gasteiger partial charge < -0.3 is 10.5 Å². The Morgan fingerprint density at radius 3 is 2.61 bits per heavy atom. The minimum Gasteiger partial charge on any atom is -0.398 e. The van der Waals surface area contributed by atoms with Gasteiger partial charge in [-0.2, -0.15) is 0 Å². The first-order valence-electron chi connectivity index (χ1n) is 5.74. The second-order valence-corrected chi connectivity index (χ2v) is 5.96. The summed E-state index contributed by atoms with van der Waals surface area (Å²) in [5.41, 5.74) is 7.69. The number of aryl methyl sites for hydroxylation is 1. The molecule has 0 radical (unpaired) electrons. The third kappa shape index (κ3) is 3.69. The molecule has 1 aromatic carbocycles. The summed E-state index contributed by atoms with van der Waals surface area (Å²) in [7, 11) is -1.92. The zero-order valence-electron chi connectivity index (χ0n) is 11.0. The average molecular weight is 272 g/mol. The molecule has 0 aromatic heterocycles. The predicted molar refractivity (Wildman–Crippen MR) is 72.0 cm³/mol. The van der Waals surface area contributed by atoms with Crippen molar-refractivity contribution in [3.8, 4) is 0 Å². The number of benzene rings is 1. The van der Waals surface area contributed by atoms with E-state index >= 15 is 0 Å². The van der Waals surface area contributed by atoms with Crippen LogP contribution in [0.4, 0.5) is 5.69 Å². The molecule has 6 heteroatoms. The maximum absolute atomic E-state index is 12.1. The van der Waals surface area contributed by atoms with Gasteiger partial charge in [-0.25, -0.2) is 13.1 Å². The van der Waals surface area contributed by atoms with Crippen LogP contribution in [0.5, 0.6) is 0 Å². The van der Waals surface area contributed by atoms with Crippen LogP contribution in [0.15, 0.2) is 17.0 Å². The summed E-state index contributed by atoms with van der Waals surface area (Å²) in [6.45, 7) is 4.40. The molecule has 0 spiro atoms. The van der Waals surface area contributed by atoms with Gasteiger partial charge in [0, 0.05) is 25.9 Å². The molecule has 0 unspecified atom stereocenters. The number of nitrogens with one attached hydrogen (secondary N) is 1. The zero-order valence-corrected chi connectivity index (χ0v) is 11.8. The van der Waals surface area contributed by atoms with E-state index in [0.717, 1.165) is 5.56 Å². The topological polar surface area (TPSA) is 81.4 Å². The summed E-state index contributed by atoms with van der Waals surface area (Å²) in [4.78, 5) is 0.248. The molecule has 102 valence electrons. The fourth-order valence-corrected chi connectivity index (χ4v) is 3.06. The van der Waals surface area contributed by atoms with E-state index in [9.17, 15) is 8.42 Å². The number of anilines is 1.